The summed E-state index contributed by atoms with van der Waals surface area (Å²) in [4.78, 5) is 36.9. The van der Waals surface area contributed by atoms with E-state index in [1.54, 1.807) is 0 Å². The summed E-state index contributed by atoms with van der Waals surface area (Å²) in [5.41, 5.74) is 0. The Morgan fingerprint density at radius 2 is 0.787 bits per heavy atom. The van der Waals surface area contributed by atoms with Crippen LogP contribution in [0.2, 0.25) is 0 Å². The minimum Gasteiger partial charge on any atom is -0.394 e. The summed E-state index contributed by atoms with van der Waals surface area (Å²) in [6.45, 7) is -0.0887. The van der Waals surface area contributed by atoms with Gasteiger partial charge in [-0.2, -0.15) is 0 Å². The van der Waals surface area contributed by atoms with Crippen molar-refractivity contribution in [2.75, 3.05) is 33.0 Å². The summed E-state index contributed by atoms with van der Waals surface area (Å²) < 4.78 is 63.3. The number of carbonyl (C=O) groups is 3. The molecule has 75 heavy (non-hydrogen) atoms. The van der Waals surface area contributed by atoms with E-state index in [-0.39, 0.29) is 0 Å². The van der Waals surface area contributed by atoms with Gasteiger partial charge in [-0.05, 0) is 6.92 Å². The molecule has 6 saturated heterocycles. The standard InChI is InChI=1S/C42H71N3O30/c1-10-22(53)28(59)31(62)40(66-10)75-36-29(60)24(55)15(6-47)69-42(36)74-35-21(45-13(4)52)37(64)67-18(25(35)56)9-65-38-20(44-12(3)51)27(58)33(16(7-48)70-38)73-41-32(63)30(61)34(17(8-49)71-41)72-39-19(43-11(2)50)26(57)23(54)14(5-46)68-39/h10,14-42,46-49,53-64H,5-9H2,1-4H3,(H,43,50)(H,44,51)(H,45,52)/t10-,14+,15+,16+,17+,18+,19+,20+,21+,22+,23-,24-,25-,26+,27+,28+,29-,30+,31-,32+,33+,34-,35+,36+,37?,38+,39+,40-,41-,42-/m0/s1. The van der Waals surface area contributed by atoms with Crippen LogP contribution in [0, 0.1) is 0 Å². The topological polar surface area (TPSA) is 513 Å². The first-order valence-corrected chi connectivity index (χ1v) is 23.9. The van der Waals surface area contributed by atoms with Gasteiger partial charge in [0.25, 0.3) is 0 Å². The molecule has 6 aliphatic rings. The molecule has 3 amide bonds. The van der Waals surface area contributed by atoms with Crippen molar-refractivity contribution in [2.45, 2.75) is 212 Å². The summed E-state index contributed by atoms with van der Waals surface area (Å²) in [6, 6.07) is -4.85. The third kappa shape index (κ3) is 13.7. The van der Waals surface area contributed by atoms with Crippen molar-refractivity contribution >= 4 is 17.7 Å². The second kappa shape index (κ2) is 26.5. The highest BCUT2D eigenvalue weighted by molar-refractivity contribution is 5.74. The minimum atomic E-state index is -2.13. The summed E-state index contributed by atoms with van der Waals surface area (Å²) in [5.74, 6) is -2.31. The fourth-order valence-corrected chi connectivity index (χ4v) is 9.55. The lowest BCUT2D eigenvalue weighted by atomic mass is 9.94. The normalized spacial score (nSPS) is 48.6. The van der Waals surface area contributed by atoms with Gasteiger partial charge in [0.1, 0.15) is 140 Å². The fourth-order valence-electron chi connectivity index (χ4n) is 9.55. The maximum Gasteiger partial charge on any atom is 0.217 e. The number of nitrogens with one attached hydrogen (secondary N) is 3. The molecule has 6 aliphatic heterocycles. The monoisotopic (exact) mass is 1100 g/mol. The number of aliphatic hydroxyl groups excluding tert-OH is 16. The van der Waals surface area contributed by atoms with E-state index in [0.717, 1.165) is 20.8 Å². The van der Waals surface area contributed by atoms with Crippen LogP contribution in [0.3, 0.4) is 0 Å². The lowest BCUT2D eigenvalue weighted by molar-refractivity contribution is -0.381. The quantitative estimate of drug-likeness (QED) is 0.0606. The Hall–Kier alpha value is -2.67. The average molecular weight is 1100 g/mol. The highest BCUT2D eigenvalue weighted by Crippen LogP contribution is 2.36. The molecular formula is C42H71N3O30. The Bertz CT molecular complexity index is 1850. The Labute approximate surface area is 426 Å². The molecule has 1 unspecified atom stereocenters. The molecule has 6 fully saturated rings. The Morgan fingerprint density at radius 1 is 0.373 bits per heavy atom. The van der Waals surface area contributed by atoms with Crippen molar-refractivity contribution in [1.82, 2.24) is 16.0 Å². The van der Waals surface area contributed by atoms with Crippen molar-refractivity contribution in [3.63, 3.8) is 0 Å². The number of aliphatic hydroxyl groups is 16. The largest absolute Gasteiger partial charge is 0.394 e. The highest BCUT2D eigenvalue weighted by Gasteiger charge is 2.57. The van der Waals surface area contributed by atoms with Crippen LogP contribution in [0.4, 0.5) is 0 Å². The van der Waals surface area contributed by atoms with Crippen LogP contribution in [0.25, 0.3) is 0 Å². The Kier molecular flexibility index (Phi) is 21.8. The van der Waals surface area contributed by atoms with Gasteiger partial charge >= 0.3 is 0 Å². The first kappa shape index (κ1) is 61.5. The van der Waals surface area contributed by atoms with Crippen LogP contribution in [0.15, 0.2) is 0 Å². The number of hydrogen-bond donors (Lipinski definition) is 19. The molecule has 19 N–H and O–H groups in total. The summed E-state index contributed by atoms with van der Waals surface area (Å²) in [6.07, 6.45) is -48.8. The Balaban J connectivity index is 1.18. The van der Waals surface area contributed by atoms with E-state index < -0.39 is 235 Å². The molecule has 0 aromatic heterocycles. The maximum absolute atomic E-state index is 12.5. The van der Waals surface area contributed by atoms with Gasteiger partial charge in [-0.3, -0.25) is 14.4 Å². The summed E-state index contributed by atoms with van der Waals surface area (Å²) in [5, 5.41) is 179. The SMILES string of the molecule is CC(=O)N[C@H]1[C@H](OC[C@H]2OC(O)[C@H](NC(C)=O)[C@@H](O[C@@H]3O[C@H](CO)[C@H](O)[C@H](O)[C@H]3O[C@@H]3O[C@@H](C)[C@@H](O)[C@@H](O)[C@@H]3O)[C@H]2O)O[C@H](CO)[C@@H](O[C@@H]2O[C@H](CO)[C@H](O[C@H]3O[C@H](CO)[C@H](O)[C@H](O)[C@H]3NC(C)=O)[C@H](O)[C@H]2O)[C@@H]1O. The number of rotatable bonds is 18. The predicted molar refractivity (Wildman–Crippen MR) is 233 cm³/mol. The third-order valence-corrected chi connectivity index (χ3v) is 13.6. The van der Waals surface area contributed by atoms with Crippen LogP contribution >= 0.6 is 0 Å². The van der Waals surface area contributed by atoms with Gasteiger partial charge in [0.05, 0.1) is 39.1 Å². The van der Waals surface area contributed by atoms with Crippen molar-refractivity contribution in [1.29, 1.82) is 0 Å². The molecule has 33 heteroatoms. The molecule has 0 bridgehead atoms. The number of ether oxygens (including phenoxy) is 11. The van der Waals surface area contributed by atoms with Gasteiger partial charge in [0.2, 0.25) is 17.7 Å². The Morgan fingerprint density at radius 3 is 1.35 bits per heavy atom. The van der Waals surface area contributed by atoms with E-state index >= 15 is 0 Å². The molecule has 0 aliphatic carbocycles. The molecule has 0 radical (unpaired) electrons. The van der Waals surface area contributed by atoms with E-state index in [0.29, 0.717) is 0 Å². The van der Waals surface area contributed by atoms with Crippen LogP contribution in [0.1, 0.15) is 27.7 Å². The molecule has 30 atom stereocenters. The smallest absolute Gasteiger partial charge is 0.217 e. The molecule has 0 aromatic rings. The summed E-state index contributed by atoms with van der Waals surface area (Å²) in [7, 11) is 0. The van der Waals surface area contributed by atoms with Gasteiger partial charge in [0, 0.05) is 20.8 Å². The van der Waals surface area contributed by atoms with E-state index in [1.807, 2.05) is 0 Å². The number of amides is 3. The molecule has 6 rings (SSSR count). The predicted octanol–water partition coefficient (Wildman–Crippen LogP) is -12.6. The van der Waals surface area contributed by atoms with Gasteiger partial charge in [-0.25, -0.2) is 0 Å². The molecule has 0 spiro atoms. The van der Waals surface area contributed by atoms with Gasteiger partial charge in [0.15, 0.2) is 37.7 Å². The second-order valence-corrected chi connectivity index (χ2v) is 19.0. The molecule has 6 heterocycles. The van der Waals surface area contributed by atoms with Gasteiger partial charge in [-0.15, -0.1) is 0 Å². The zero-order chi connectivity index (χ0) is 55.5. The van der Waals surface area contributed by atoms with E-state index in [2.05, 4.69) is 16.0 Å². The van der Waals surface area contributed by atoms with Crippen molar-refractivity contribution in [3.05, 3.63) is 0 Å². The van der Waals surface area contributed by atoms with Crippen molar-refractivity contribution < 1.29 is 148 Å². The summed E-state index contributed by atoms with van der Waals surface area (Å²) >= 11 is 0. The van der Waals surface area contributed by atoms with Gasteiger partial charge < -0.3 is 150 Å². The lowest BCUT2D eigenvalue weighted by Gasteiger charge is -2.49. The fraction of sp³-hybridized carbons (Fsp3) is 0.929. The molecule has 0 aromatic carbocycles. The van der Waals surface area contributed by atoms with Crippen LogP contribution in [0.5, 0.6) is 0 Å². The average Bonchev–Trinajstić information content (AvgIpc) is 3.36. The van der Waals surface area contributed by atoms with E-state index in [4.69, 9.17) is 52.1 Å². The maximum atomic E-state index is 12.5. The first-order valence-electron chi connectivity index (χ1n) is 23.9. The minimum absolute atomic E-state index is 0.714. The first-order chi connectivity index (χ1) is 35.4. The third-order valence-electron chi connectivity index (χ3n) is 13.6. The highest BCUT2D eigenvalue weighted by atomic mass is 16.8. The van der Waals surface area contributed by atoms with E-state index in [1.165, 1.54) is 6.92 Å². The number of carbonyl (C=O) groups excluding carboxylic acids is 3. The molecule has 0 saturated carbocycles. The van der Waals surface area contributed by atoms with Crippen LogP contribution in [-0.4, -0.2) is 317 Å². The van der Waals surface area contributed by atoms with Crippen molar-refractivity contribution in [2.24, 2.45) is 0 Å². The molecule has 434 valence electrons. The van der Waals surface area contributed by atoms with Gasteiger partial charge in [-0.1, -0.05) is 0 Å². The number of hydrogen-bond acceptors (Lipinski definition) is 30. The zero-order valence-electron chi connectivity index (χ0n) is 40.7. The lowest BCUT2D eigenvalue weighted by Crippen LogP contribution is -2.70. The van der Waals surface area contributed by atoms with Crippen LogP contribution < -0.4 is 16.0 Å². The van der Waals surface area contributed by atoms with Crippen molar-refractivity contribution in [3.8, 4) is 0 Å². The molecule has 33 nitrogen and oxygen atoms in total. The zero-order valence-corrected chi connectivity index (χ0v) is 40.7. The van der Waals surface area contributed by atoms with E-state index in [9.17, 15) is 96.1 Å². The van der Waals surface area contributed by atoms with Crippen LogP contribution in [-0.2, 0) is 66.5 Å². The second-order valence-electron chi connectivity index (χ2n) is 19.0. The molecular weight excluding hydrogens is 1030 g/mol.